The number of nitrogens with one attached hydrogen (secondary N) is 1. The smallest absolute Gasteiger partial charge is 0.338 e. The maximum atomic E-state index is 13.4. The Morgan fingerprint density at radius 2 is 2.10 bits per heavy atom. The standard InChI is InChI=1S/C16H23FN2O2/c1-11(2)10-19-7-5-12(6-8-19)18-13-3-4-15(17)14(9-13)16(20)21/h3-4,9,11-12,18H,5-8,10H2,1-2H3,(H,20,21). The van der Waals surface area contributed by atoms with E-state index in [1.807, 2.05) is 0 Å². The molecule has 0 radical (unpaired) electrons. The van der Waals surface area contributed by atoms with Gasteiger partial charge in [-0.15, -0.1) is 0 Å². The second-order valence-electron chi connectivity index (χ2n) is 6.11. The first-order valence-electron chi connectivity index (χ1n) is 7.47. The number of piperidine rings is 1. The highest BCUT2D eigenvalue weighted by Crippen LogP contribution is 2.20. The number of aromatic carboxylic acids is 1. The Balaban J connectivity index is 1.92. The fourth-order valence-corrected chi connectivity index (χ4v) is 2.79. The molecule has 0 spiro atoms. The highest BCUT2D eigenvalue weighted by atomic mass is 19.1. The summed E-state index contributed by atoms with van der Waals surface area (Å²) in [5.74, 6) is -1.26. The fourth-order valence-electron chi connectivity index (χ4n) is 2.79. The van der Waals surface area contributed by atoms with Gasteiger partial charge in [0.2, 0.25) is 0 Å². The number of halogens is 1. The van der Waals surface area contributed by atoms with Gasteiger partial charge in [-0.2, -0.15) is 0 Å². The molecule has 5 heteroatoms. The van der Waals surface area contributed by atoms with Crippen molar-refractivity contribution in [3.63, 3.8) is 0 Å². The molecule has 0 saturated carbocycles. The minimum Gasteiger partial charge on any atom is -0.478 e. The molecule has 0 aromatic heterocycles. The third kappa shape index (κ3) is 4.43. The van der Waals surface area contributed by atoms with Gasteiger partial charge in [-0.1, -0.05) is 13.8 Å². The molecule has 0 aliphatic carbocycles. The minimum atomic E-state index is -1.23. The number of anilines is 1. The van der Waals surface area contributed by atoms with Gasteiger partial charge in [0.1, 0.15) is 5.82 Å². The summed E-state index contributed by atoms with van der Waals surface area (Å²) < 4.78 is 13.4. The summed E-state index contributed by atoms with van der Waals surface area (Å²) >= 11 is 0. The van der Waals surface area contributed by atoms with Gasteiger partial charge in [0, 0.05) is 31.4 Å². The Labute approximate surface area is 125 Å². The van der Waals surface area contributed by atoms with Crippen LogP contribution in [0.5, 0.6) is 0 Å². The van der Waals surface area contributed by atoms with Crippen molar-refractivity contribution in [1.29, 1.82) is 0 Å². The summed E-state index contributed by atoms with van der Waals surface area (Å²) in [4.78, 5) is 13.4. The molecule has 1 saturated heterocycles. The number of hydrogen-bond acceptors (Lipinski definition) is 3. The van der Waals surface area contributed by atoms with Crippen LogP contribution in [0.15, 0.2) is 18.2 Å². The Kier molecular flexibility index (Phi) is 5.17. The van der Waals surface area contributed by atoms with Crippen molar-refractivity contribution < 1.29 is 14.3 Å². The van der Waals surface area contributed by atoms with Crippen LogP contribution in [-0.4, -0.2) is 41.7 Å². The minimum absolute atomic E-state index is 0.280. The summed E-state index contributed by atoms with van der Waals surface area (Å²) in [5.41, 5.74) is 0.397. The molecule has 116 valence electrons. The van der Waals surface area contributed by atoms with Gasteiger partial charge in [0.15, 0.2) is 0 Å². The average molecular weight is 294 g/mol. The number of carboxylic acids is 1. The molecule has 2 N–H and O–H groups in total. The van der Waals surface area contributed by atoms with E-state index in [2.05, 4.69) is 24.1 Å². The van der Waals surface area contributed by atoms with Crippen LogP contribution in [0.2, 0.25) is 0 Å². The van der Waals surface area contributed by atoms with Gasteiger partial charge < -0.3 is 15.3 Å². The lowest BCUT2D eigenvalue weighted by molar-refractivity contribution is 0.0692. The van der Waals surface area contributed by atoms with Crippen molar-refractivity contribution in [2.75, 3.05) is 25.0 Å². The molecule has 0 amide bonds. The normalized spacial score (nSPS) is 17.1. The lowest BCUT2D eigenvalue weighted by Gasteiger charge is -2.33. The van der Waals surface area contributed by atoms with Gasteiger partial charge in [-0.25, -0.2) is 9.18 Å². The molecule has 1 aliphatic rings. The van der Waals surface area contributed by atoms with Crippen molar-refractivity contribution in [2.24, 2.45) is 5.92 Å². The summed E-state index contributed by atoms with van der Waals surface area (Å²) in [7, 11) is 0. The molecule has 0 bridgehead atoms. The van der Waals surface area contributed by atoms with Crippen LogP contribution in [0.25, 0.3) is 0 Å². The molecule has 1 heterocycles. The Morgan fingerprint density at radius 1 is 1.43 bits per heavy atom. The third-order valence-corrected chi connectivity index (χ3v) is 3.78. The Hall–Kier alpha value is -1.62. The molecule has 0 atom stereocenters. The topological polar surface area (TPSA) is 52.6 Å². The van der Waals surface area contributed by atoms with E-state index in [1.165, 1.54) is 12.1 Å². The van der Waals surface area contributed by atoms with Crippen LogP contribution in [0, 0.1) is 11.7 Å². The summed E-state index contributed by atoms with van der Waals surface area (Å²) in [6.45, 7) is 7.64. The van der Waals surface area contributed by atoms with Crippen molar-refractivity contribution in [2.45, 2.75) is 32.7 Å². The average Bonchev–Trinajstić information content (AvgIpc) is 2.42. The van der Waals surface area contributed by atoms with Crippen LogP contribution in [0.1, 0.15) is 37.0 Å². The highest BCUT2D eigenvalue weighted by Gasteiger charge is 2.20. The van der Waals surface area contributed by atoms with E-state index >= 15 is 0 Å². The van der Waals surface area contributed by atoms with Crippen molar-refractivity contribution in [3.8, 4) is 0 Å². The molecule has 2 rings (SSSR count). The monoisotopic (exact) mass is 294 g/mol. The first-order chi connectivity index (χ1) is 9.95. The second-order valence-corrected chi connectivity index (χ2v) is 6.11. The van der Waals surface area contributed by atoms with E-state index in [9.17, 15) is 9.18 Å². The lowest BCUT2D eigenvalue weighted by Crippen LogP contribution is -2.40. The zero-order valence-corrected chi connectivity index (χ0v) is 12.6. The summed E-state index contributed by atoms with van der Waals surface area (Å²) in [5, 5.41) is 12.3. The first kappa shape index (κ1) is 15.8. The molecule has 1 aromatic rings. The van der Waals surface area contributed by atoms with Crippen molar-refractivity contribution in [1.82, 2.24) is 4.90 Å². The molecule has 1 aromatic carbocycles. The predicted molar refractivity (Wildman–Crippen MR) is 81.3 cm³/mol. The molecule has 0 unspecified atom stereocenters. The molecular formula is C16H23FN2O2. The number of likely N-dealkylation sites (tertiary alicyclic amines) is 1. The van der Waals surface area contributed by atoms with E-state index in [0.717, 1.165) is 32.5 Å². The highest BCUT2D eigenvalue weighted by molar-refractivity contribution is 5.89. The van der Waals surface area contributed by atoms with Gasteiger partial charge >= 0.3 is 5.97 Å². The third-order valence-electron chi connectivity index (χ3n) is 3.78. The van der Waals surface area contributed by atoms with Gasteiger partial charge in [0.05, 0.1) is 5.56 Å². The number of carboxylic acid groups (broad SMARTS) is 1. The van der Waals surface area contributed by atoms with E-state index in [-0.39, 0.29) is 5.56 Å². The molecular weight excluding hydrogens is 271 g/mol. The van der Waals surface area contributed by atoms with Crippen LogP contribution in [0.4, 0.5) is 10.1 Å². The second kappa shape index (κ2) is 6.89. The number of carbonyl (C=O) groups is 1. The zero-order valence-electron chi connectivity index (χ0n) is 12.6. The van der Waals surface area contributed by atoms with E-state index in [0.29, 0.717) is 17.6 Å². The Morgan fingerprint density at radius 3 is 2.67 bits per heavy atom. The maximum absolute atomic E-state index is 13.4. The lowest BCUT2D eigenvalue weighted by atomic mass is 10.0. The molecule has 1 aliphatic heterocycles. The zero-order chi connectivity index (χ0) is 15.4. The fraction of sp³-hybridized carbons (Fsp3) is 0.562. The summed E-state index contributed by atoms with van der Waals surface area (Å²) in [6, 6.07) is 4.50. The van der Waals surface area contributed by atoms with Crippen LogP contribution in [0.3, 0.4) is 0 Å². The van der Waals surface area contributed by atoms with E-state index in [1.54, 1.807) is 6.07 Å². The number of hydrogen-bond donors (Lipinski definition) is 2. The predicted octanol–water partition coefficient (Wildman–Crippen LogP) is 3.06. The first-order valence-corrected chi connectivity index (χ1v) is 7.47. The van der Waals surface area contributed by atoms with Gasteiger partial charge in [-0.3, -0.25) is 0 Å². The summed E-state index contributed by atoms with van der Waals surface area (Å²) in [6.07, 6.45) is 2.04. The van der Waals surface area contributed by atoms with Gasteiger partial charge in [0.25, 0.3) is 0 Å². The maximum Gasteiger partial charge on any atom is 0.338 e. The quantitative estimate of drug-likeness (QED) is 0.876. The van der Waals surface area contributed by atoms with Crippen molar-refractivity contribution >= 4 is 11.7 Å². The number of nitrogens with zero attached hydrogens (tertiary/aromatic N) is 1. The Bertz CT molecular complexity index is 497. The van der Waals surface area contributed by atoms with E-state index in [4.69, 9.17) is 5.11 Å². The van der Waals surface area contributed by atoms with Crippen molar-refractivity contribution in [3.05, 3.63) is 29.6 Å². The number of benzene rings is 1. The van der Waals surface area contributed by atoms with Crippen LogP contribution in [-0.2, 0) is 0 Å². The largest absolute Gasteiger partial charge is 0.478 e. The van der Waals surface area contributed by atoms with Gasteiger partial charge in [-0.05, 0) is 37.0 Å². The number of rotatable bonds is 5. The van der Waals surface area contributed by atoms with Crippen LogP contribution < -0.4 is 5.32 Å². The molecule has 21 heavy (non-hydrogen) atoms. The molecule has 4 nitrogen and oxygen atoms in total. The SMILES string of the molecule is CC(C)CN1CCC(Nc2ccc(F)c(C(=O)O)c2)CC1. The van der Waals surface area contributed by atoms with Crippen LogP contribution >= 0.6 is 0 Å². The van der Waals surface area contributed by atoms with E-state index < -0.39 is 11.8 Å². The molecule has 1 fully saturated rings.